The highest BCUT2D eigenvalue weighted by Gasteiger charge is 2.58. The monoisotopic (exact) mass is 202 g/mol. The maximum absolute atomic E-state index is 13.9. The molecule has 2 heteroatoms. The maximum atomic E-state index is 13.9. The Hall–Kier alpha value is -0.140. The second-order valence-corrected chi connectivity index (χ2v) is 5.65. The van der Waals surface area contributed by atoms with Crippen LogP contribution in [-0.4, -0.2) is 5.92 Å². The quantitative estimate of drug-likeness (QED) is 0.557. The third kappa shape index (κ3) is 1.38. The highest BCUT2D eigenvalue weighted by molar-refractivity contribution is 5.00. The van der Waals surface area contributed by atoms with E-state index in [1.54, 1.807) is 6.92 Å². The summed E-state index contributed by atoms with van der Waals surface area (Å²) in [4.78, 5) is 0. The SMILES string of the molecule is CC1CC(C)C2C(C1)CC(C)C2(F)F. The van der Waals surface area contributed by atoms with Gasteiger partial charge in [-0.3, -0.25) is 0 Å². The van der Waals surface area contributed by atoms with Crippen LogP contribution in [0.3, 0.4) is 0 Å². The van der Waals surface area contributed by atoms with Gasteiger partial charge in [-0.15, -0.1) is 0 Å². The minimum Gasteiger partial charge on any atom is -0.206 e. The zero-order valence-electron chi connectivity index (χ0n) is 9.26. The molecule has 0 bridgehead atoms. The van der Waals surface area contributed by atoms with E-state index in [-0.39, 0.29) is 11.8 Å². The minimum atomic E-state index is -2.40. The number of hydrogen-bond acceptors (Lipinski definition) is 0. The first-order chi connectivity index (χ1) is 6.43. The predicted molar refractivity (Wildman–Crippen MR) is 53.3 cm³/mol. The van der Waals surface area contributed by atoms with E-state index in [1.165, 1.54) is 0 Å². The fourth-order valence-corrected chi connectivity index (χ4v) is 3.88. The molecule has 2 saturated carbocycles. The largest absolute Gasteiger partial charge is 0.253 e. The molecule has 0 saturated heterocycles. The lowest BCUT2D eigenvalue weighted by atomic mass is 9.69. The Morgan fingerprint density at radius 2 is 1.64 bits per heavy atom. The molecule has 2 rings (SSSR count). The topological polar surface area (TPSA) is 0 Å². The molecule has 2 fully saturated rings. The van der Waals surface area contributed by atoms with Gasteiger partial charge >= 0.3 is 0 Å². The van der Waals surface area contributed by atoms with Crippen LogP contribution < -0.4 is 0 Å². The fraction of sp³-hybridized carbons (Fsp3) is 1.00. The van der Waals surface area contributed by atoms with Gasteiger partial charge in [0.15, 0.2) is 0 Å². The average molecular weight is 202 g/mol. The number of halogens is 2. The van der Waals surface area contributed by atoms with Gasteiger partial charge < -0.3 is 0 Å². The number of rotatable bonds is 0. The third-order valence-corrected chi connectivity index (χ3v) is 4.36. The molecular formula is C12H20F2. The summed E-state index contributed by atoms with van der Waals surface area (Å²) in [5.41, 5.74) is 0. The Morgan fingerprint density at radius 3 is 2.29 bits per heavy atom. The normalized spacial score (nSPS) is 51.6. The van der Waals surface area contributed by atoms with Crippen molar-refractivity contribution in [3.05, 3.63) is 0 Å². The van der Waals surface area contributed by atoms with E-state index in [9.17, 15) is 8.78 Å². The van der Waals surface area contributed by atoms with Crippen LogP contribution in [0.1, 0.15) is 40.0 Å². The summed E-state index contributed by atoms with van der Waals surface area (Å²) in [6.07, 6.45) is 2.75. The second-order valence-electron chi connectivity index (χ2n) is 5.65. The van der Waals surface area contributed by atoms with E-state index in [0.717, 1.165) is 19.3 Å². The molecule has 0 spiro atoms. The van der Waals surface area contributed by atoms with Crippen molar-refractivity contribution in [3.63, 3.8) is 0 Å². The van der Waals surface area contributed by atoms with Crippen LogP contribution in [0.5, 0.6) is 0 Å². The molecule has 2 aliphatic carbocycles. The Bertz CT molecular complexity index is 224. The fourth-order valence-electron chi connectivity index (χ4n) is 3.88. The van der Waals surface area contributed by atoms with Gasteiger partial charge in [-0.1, -0.05) is 20.8 Å². The van der Waals surface area contributed by atoms with Crippen LogP contribution in [0.15, 0.2) is 0 Å². The van der Waals surface area contributed by atoms with E-state index in [0.29, 0.717) is 11.8 Å². The Morgan fingerprint density at radius 1 is 1.00 bits per heavy atom. The van der Waals surface area contributed by atoms with Crippen molar-refractivity contribution in [1.29, 1.82) is 0 Å². The van der Waals surface area contributed by atoms with Gasteiger partial charge in [0.1, 0.15) is 0 Å². The van der Waals surface area contributed by atoms with Crippen molar-refractivity contribution in [2.75, 3.05) is 0 Å². The molecule has 82 valence electrons. The number of hydrogen-bond donors (Lipinski definition) is 0. The first-order valence-electron chi connectivity index (χ1n) is 5.80. The van der Waals surface area contributed by atoms with Gasteiger partial charge in [-0.05, 0) is 37.0 Å². The Balaban J connectivity index is 2.22. The maximum Gasteiger partial charge on any atom is 0.253 e. The summed E-state index contributed by atoms with van der Waals surface area (Å²) in [6.45, 7) is 5.93. The second kappa shape index (κ2) is 3.18. The molecule has 0 aromatic carbocycles. The Kier molecular flexibility index (Phi) is 2.36. The molecule has 2 aliphatic rings. The van der Waals surface area contributed by atoms with Crippen LogP contribution in [0.4, 0.5) is 8.78 Å². The summed E-state index contributed by atoms with van der Waals surface area (Å²) < 4.78 is 27.7. The van der Waals surface area contributed by atoms with Crippen LogP contribution in [-0.2, 0) is 0 Å². The zero-order chi connectivity index (χ0) is 10.5. The van der Waals surface area contributed by atoms with Crippen LogP contribution in [0.2, 0.25) is 0 Å². The standard InChI is InChI=1S/C12H20F2/c1-7-4-8(2)11-10(5-7)6-9(3)12(11,13)14/h7-11H,4-6H2,1-3H3. The van der Waals surface area contributed by atoms with Crippen molar-refractivity contribution in [2.24, 2.45) is 29.6 Å². The third-order valence-electron chi connectivity index (χ3n) is 4.36. The van der Waals surface area contributed by atoms with E-state index < -0.39 is 11.8 Å². The zero-order valence-corrected chi connectivity index (χ0v) is 9.26. The summed E-state index contributed by atoms with van der Waals surface area (Å²) >= 11 is 0. The molecule has 0 N–H and O–H groups in total. The van der Waals surface area contributed by atoms with Crippen molar-refractivity contribution >= 4 is 0 Å². The number of alkyl halides is 2. The lowest BCUT2D eigenvalue weighted by molar-refractivity contribution is -0.105. The summed E-state index contributed by atoms with van der Waals surface area (Å²) in [5, 5.41) is 0. The summed E-state index contributed by atoms with van der Waals surface area (Å²) in [7, 11) is 0. The molecule has 5 unspecified atom stereocenters. The first-order valence-corrected chi connectivity index (χ1v) is 5.80. The van der Waals surface area contributed by atoms with Crippen LogP contribution in [0, 0.1) is 29.6 Å². The van der Waals surface area contributed by atoms with Crippen LogP contribution in [0.25, 0.3) is 0 Å². The minimum absolute atomic E-state index is 0.212. The molecule has 0 aromatic heterocycles. The van der Waals surface area contributed by atoms with Gasteiger partial charge in [0, 0.05) is 11.8 Å². The van der Waals surface area contributed by atoms with Gasteiger partial charge in [0.05, 0.1) is 0 Å². The first kappa shape index (κ1) is 10.4. The van der Waals surface area contributed by atoms with Crippen molar-refractivity contribution in [1.82, 2.24) is 0 Å². The lowest BCUT2D eigenvalue weighted by Crippen LogP contribution is -2.38. The molecule has 0 radical (unpaired) electrons. The van der Waals surface area contributed by atoms with E-state index >= 15 is 0 Å². The van der Waals surface area contributed by atoms with E-state index in [4.69, 9.17) is 0 Å². The van der Waals surface area contributed by atoms with Crippen molar-refractivity contribution in [3.8, 4) is 0 Å². The van der Waals surface area contributed by atoms with Gasteiger partial charge in [0.25, 0.3) is 5.92 Å². The highest BCUT2D eigenvalue weighted by atomic mass is 19.3. The molecule has 0 amide bonds. The molecular weight excluding hydrogens is 182 g/mol. The van der Waals surface area contributed by atoms with E-state index in [1.807, 2.05) is 6.92 Å². The smallest absolute Gasteiger partial charge is 0.206 e. The van der Waals surface area contributed by atoms with E-state index in [2.05, 4.69) is 6.92 Å². The predicted octanol–water partition coefficient (Wildman–Crippen LogP) is 3.96. The van der Waals surface area contributed by atoms with Gasteiger partial charge in [-0.2, -0.15) is 0 Å². The van der Waals surface area contributed by atoms with Crippen molar-refractivity contribution < 1.29 is 8.78 Å². The molecule has 0 aliphatic heterocycles. The summed E-state index contributed by atoms with van der Waals surface area (Å²) in [6, 6.07) is 0. The lowest BCUT2D eigenvalue weighted by Gasteiger charge is -2.38. The highest BCUT2D eigenvalue weighted by Crippen LogP contribution is 2.56. The Labute approximate surface area is 85.1 Å². The summed E-state index contributed by atoms with van der Waals surface area (Å²) in [5.74, 6) is -1.97. The molecule has 0 nitrogen and oxygen atoms in total. The van der Waals surface area contributed by atoms with Gasteiger partial charge in [0.2, 0.25) is 0 Å². The molecule has 5 atom stereocenters. The van der Waals surface area contributed by atoms with Gasteiger partial charge in [-0.25, -0.2) is 8.78 Å². The van der Waals surface area contributed by atoms with Crippen molar-refractivity contribution in [2.45, 2.75) is 46.0 Å². The molecule has 0 aromatic rings. The van der Waals surface area contributed by atoms with Crippen LogP contribution >= 0.6 is 0 Å². The molecule has 14 heavy (non-hydrogen) atoms. The number of fused-ring (bicyclic) bond motifs is 1. The average Bonchev–Trinajstić information content (AvgIpc) is 2.21. The molecule has 0 heterocycles.